The van der Waals surface area contributed by atoms with Crippen molar-refractivity contribution in [1.29, 1.82) is 0 Å². The van der Waals surface area contributed by atoms with Crippen LogP contribution in [0.2, 0.25) is 0 Å². The lowest BCUT2D eigenvalue weighted by atomic mass is 9.90. The molecule has 1 aliphatic heterocycles. The van der Waals surface area contributed by atoms with Crippen molar-refractivity contribution in [2.24, 2.45) is 0 Å². The maximum atomic E-state index is 5.92. The fraction of sp³-hybridized carbons (Fsp3) is 0.625. The van der Waals surface area contributed by atoms with E-state index in [4.69, 9.17) is 9.47 Å². The van der Waals surface area contributed by atoms with E-state index < -0.39 is 0 Å². The van der Waals surface area contributed by atoms with E-state index in [-0.39, 0.29) is 0 Å². The van der Waals surface area contributed by atoms with E-state index in [1.54, 1.807) is 7.11 Å². The van der Waals surface area contributed by atoms with Gasteiger partial charge in [0.1, 0.15) is 5.75 Å². The van der Waals surface area contributed by atoms with Crippen molar-refractivity contribution in [1.82, 2.24) is 4.90 Å². The molecule has 0 N–H and O–H groups in total. The van der Waals surface area contributed by atoms with E-state index in [0.29, 0.717) is 6.10 Å². The summed E-state index contributed by atoms with van der Waals surface area (Å²) in [5, 5.41) is 0. The smallest absolute Gasteiger partial charge is 0.119 e. The van der Waals surface area contributed by atoms with Gasteiger partial charge in [0.15, 0.2) is 0 Å². The lowest BCUT2D eigenvalue weighted by Crippen LogP contribution is -2.50. The van der Waals surface area contributed by atoms with Gasteiger partial charge in [-0.1, -0.05) is 18.6 Å². The molecular formula is C16H23NO2. The first-order valence-electron chi connectivity index (χ1n) is 7.34. The van der Waals surface area contributed by atoms with Gasteiger partial charge in [-0.2, -0.15) is 0 Å². The minimum absolute atomic E-state index is 0.335. The second kappa shape index (κ2) is 5.93. The molecule has 0 radical (unpaired) electrons. The lowest BCUT2D eigenvalue weighted by Gasteiger charge is -2.42. The number of hydrogen-bond donors (Lipinski definition) is 0. The van der Waals surface area contributed by atoms with Crippen LogP contribution in [0.3, 0.4) is 0 Å². The van der Waals surface area contributed by atoms with Crippen molar-refractivity contribution in [2.75, 3.05) is 26.8 Å². The van der Waals surface area contributed by atoms with Gasteiger partial charge in [-0.25, -0.2) is 0 Å². The zero-order valence-corrected chi connectivity index (χ0v) is 11.7. The minimum atomic E-state index is 0.335. The highest BCUT2D eigenvalue weighted by Crippen LogP contribution is 2.27. The molecule has 0 amide bonds. The first-order valence-corrected chi connectivity index (χ1v) is 7.34. The van der Waals surface area contributed by atoms with Gasteiger partial charge < -0.3 is 9.47 Å². The Morgan fingerprint density at radius 1 is 1.37 bits per heavy atom. The molecule has 1 heterocycles. The predicted molar refractivity (Wildman–Crippen MR) is 75.7 cm³/mol. The van der Waals surface area contributed by atoms with Gasteiger partial charge in [0.05, 0.1) is 19.8 Å². The Hall–Kier alpha value is -1.06. The van der Waals surface area contributed by atoms with Crippen LogP contribution in [0.15, 0.2) is 24.3 Å². The topological polar surface area (TPSA) is 21.7 Å². The zero-order valence-electron chi connectivity index (χ0n) is 11.7. The molecule has 104 valence electrons. The van der Waals surface area contributed by atoms with Crippen molar-refractivity contribution < 1.29 is 9.47 Å². The summed E-state index contributed by atoms with van der Waals surface area (Å²) in [5.74, 6) is 0.934. The quantitative estimate of drug-likeness (QED) is 0.831. The Balaban J connectivity index is 1.58. The van der Waals surface area contributed by atoms with Crippen LogP contribution >= 0.6 is 0 Å². The molecule has 3 nitrogen and oxygen atoms in total. The van der Waals surface area contributed by atoms with Crippen molar-refractivity contribution in [3.63, 3.8) is 0 Å². The molecule has 3 heteroatoms. The SMILES string of the molecule is COc1cccc(CC2CN(C3CCC3)CCO2)c1. The average molecular weight is 261 g/mol. The molecule has 0 spiro atoms. The van der Waals surface area contributed by atoms with E-state index in [1.807, 2.05) is 6.07 Å². The van der Waals surface area contributed by atoms with Gasteiger partial charge >= 0.3 is 0 Å². The molecule has 19 heavy (non-hydrogen) atoms. The zero-order chi connectivity index (χ0) is 13.1. The third kappa shape index (κ3) is 3.10. The van der Waals surface area contributed by atoms with Gasteiger partial charge in [-0.15, -0.1) is 0 Å². The van der Waals surface area contributed by atoms with Gasteiger partial charge in [0.25, 0.3) is 0 Å². The summed E-state index contributed by atoms with van der Waals surface area (Å²) in [5.41, 5.74) is 1.31. The second-order valence-corrected chi connectivity index (χ2v) is 5.63. The van der Waals surface area contributed by atoms with E-state index in [0.717, 1.165) is 37.9 Å². The monoisotopic (exact) mass is 261 g/mol. The molecule has 2 fully saturated rings. The number of rotatable bonds is 4. The van der Waals surface area contributed by atoms with Crippen molar-refractivity contribution in [3.05, 3.63) is 29.8 Å². The first-order chi connectivity index (χ1) is 9.35. The maximum absolute atomic E-state index is 5.92. The summed E-state index contributed by atoms with van der Waals surface area (Å²) < 4.78 is 11.2. The number of morpholine rings is 1. The summed E-state index contributed by atoms with van der Waals surface area (Å²) in [4.78, 5) is 2.62. The van der Waals surface area contributed by atoms with E-state index in [1.165, 1.54) is 24.8 Å². The molecule has 2 aliphatic rings. The Labute approximate surface area is 115 Å². The van der Waals surface area contributed by atoms with Crippen LogP contribution in [0, 0.1) is 0 Å². The molecule has 1 aromatic rings. The van der Waals surface area contributed by atoms with Crippen LogP contribution in [0.4, 0.5) is 0 Å². The number of ether oxygens (including phenoxy) is 2. The van der Waals surface area contributed by atoms with Crippen LogP contribution in [0.5, 0.6) is 5.75 Å². The molecule has 1 unspecified atom stereocenters. The van der Waals surface area contributed by atoms with E-state index in [2.05, 4.69) is 23.1 Å². The van der Waals surface area contributed by atoms with E-state index in [9.17, 15) is 0 Å². The van der Waals surface area contributed by atoms with Crippen LogP contribution < -0.4 is 4.74 Å². The summed E-state index contributed by atoms with van der Waals surface area (Å²) in [6.07, 6.45) is 5.49. The molecule has 0 bridgehead atoms. The summed E-state index contributed by atoms with van der Waals surface area (Å²) in [6.45, 7) is 3.08. The van der Waals surface area contributed by atoms with Crippen LogP contribution in [0.25, 0.3) is 0 Å². The van der Waals surface area contributed by atoms with Crippen molar-refractivity contribution >= 4 is 0 Å². The largest absolute Gasteiger partial charge is 0.497 e. The molecule has 1 aromatic carbocycles. The third-order valence-corrected chi connectivity index (χ3v) is 4.36. The average Bonchev–Trinajstić information content (AvgIpc) is 2.37. The predicted octanol–water partition coefficient (Wildman–Crippen LogP) is 2.49. The van der Waals surface area contributed by atoms with Crippen molar-refractivity contribution in [2.45, 2.75) is 37.8 Å². The molecule has 1 saturated carbocycles. The molecule has 1 aliphatic carbocycles. The number of benzene rings is 1. The molecule has 0 aromatic heterocycles. The number of hydrogen-bond acceptors (Lipinski definition) is 3. The summed E-state index contributed by atoms with van der Waals surface area (Å²) >= 11 is 0. The summed E-state index contributed by atoms with van der Waals surface area (Å²) in [7, 11) is 1.72. The fourth-order valence-electron chi connectivity index (χ4n) is 3.01. The normalized spacial score (nSPS) is 25.0. The molecule has 1 saturated heterocycles. The van der Waals surface area contributed by atoms with Crippen LogP contribution in [-0.4, -0.2) is 43.9 Å². The Kier molecular flexibility index (Phi) is 4.04. The van der Waals surface area contributed by atoms with E-state index >= 15 is 0 Å². The Bertz CT molecular complexity index is 417. The molecule has 1 atom stereocenters. The number of nitrogens with zero attached hydrogens (tertiary/aromatic N) is 1. The first kappa shape index (κ1) is 12.9. The Morgan fingerprint density at radius 2 is 2.26 bits per heavy atom. The highest BCUT2D eigenvalue weighted by atomic mass is 16.5. The van der Waals surface area contributed by atoms with Gasteiger partial charge in [0.2, 0.25) is 0 Å². The lowest BCUT2D eigenvalue weighted by molar-refractivity contribution is -0.0541. The van der Waals surface area contributed by atoms with Gasteiger partial charge in [-0.3, -0.25) is 4.90 Å². The maximum Gasteiger partial charge on any atom is 0.119 e. The highest BCUT2D eigenvalue weighted by Gasteiger charge is 2.29. The van der Waals surface area contributed by atoms with Gasteiger partial charge in [0, 0.05) is 25.6 Å². The van der Waals surface area contributed by atoms with Crippen LogP contribution in [0.1, 0.15) is 24.8 Å². The number of methoxy groups -OCH3 is 1. The molecular weight excluding hydrogens is 238 g/mol. The Morgan fingerprint density at radius 3 is 3.00 bits per heavy atom. The molecule has 3 rings (SSSR count). The second-order valence-electron chi connectivity index (χ2n) is 5.63. The third-order valence-electron chi connectivity index (χ3n) is 4.36. The van der Waals surface area contributed by atoms with Crippen LogP contribution in [-0.2, 0) is 11.2 Å². The van der Waals surface area contributed by atoms with Crippen molar-refractivity contribution in [3.8, 4) is 5.75 Å². The van der Waals surface area contributed by atoms with Gasteiger partial charge in [-0.05, 0) is 30.5 Å². The minimum Gasteiger partial charge on any atom is -0.497 e. The highest BCUT2D eigenvalue weighted by molar-refractivity contribution is 5.28. The fourth-order valence-corrected chi connectivity index (χ4v) is 3.01. The standard InChI is InChI=1S/C16H23NO2/c1-18-15-7-2-4-13(10-15)11-16-12-17(8-9-19-16)14-5-3-6-14/h2,4,7,10,14,16H,3,5-6,8-9,11-12H2,1H3. The summed E-state index contributed by atoms with van der Waals surface area (Å²) in [6, 6.07) is 9.16.